The zero-order valence-corrected chi connectivity index (χ0v) is 8.70. The van der Waals surface area contributed by atoms with Gasteiger partial charge in [0, 0.05) is 17.9 Å². The summed E-state index contributed by atoms with van der Waals surface area (Å²) in [5, 5.41) is 12.7. The summed E-state index contributed by atoms with van der Waals surface area (Å²) < 4.78 is 0. The second kappa shape index (κ2) is 4.86. The Kier molecular flexibility index (Phi) is 3.77. The first-order valence-electron chi connectivity index (χ1n) is 4.87. The molecule has 0 heterocycles. The molecule has 0 aliphatic rings. The van der Waals surface area contributed by atoms with E-state index in [9.17, 15) is 5.11 Å². The highest BCUT2D eigenvalue weighted by Crippen LogP contribution is 2.12. The van der Waals surface area contributed by atoms with Gasteiger partial charge in [0.2, 0.25) is 0 Å². The van der Waals surface area contributed by atoms with Crippen molar-refractivity contribution in [3.8, 4) is 0 Å². The van der Waals surface area contributed by atoms with Gasteiger partial charge < -0.3 is 16.2 Å². The van der Waals surface area contributed by atoms with Crippen LogP contribution in [0.5, 0.6) is 0 Å². The van der Waals surface area contributed by atoms with E-state index in [2.05, 4.69) is 5.32 Å². The molecule has 0 saturated carbocycles. The van der Waals surface area contributed by atoms with Crippen molar-refractivity contribution < 1.29 is 5.11 Å². The minimum absolute atomic E-state index is 0.267. The number of nitrogen functional groups attached to an aromatic ring is 1. The van der Waals surface area contributed by atoms with Crippen LogP contribution in [-0.2, 0) is 0 Å². The molecule has 1 rings (SSSR count). The molecule has 3 heteroatoms. The van der Waals surface area contributed by atoms with Crippen molar-refractivity contribution >= 4 is 11.4 Å². The average molecular weight is 194 g/mol. The van der Waals surface area contributed by atoms with Gasteiger partial charge >= 0.3 is 0 Å². The molecule has 0 radical (unpaired) electrons. The monoisotopic (exact) mass is 194 g/mol. The Morgan fingerprint density at radius 2 is 2.14 bits per heavy atom. The molecule has 1 atom stereocenters. The van der Waals surface area contributed by atoms with Gasteiger partial charge in [-0.1, -0.05) is 19.9 Å². The molecule has 78 valence electrons. The third kappa shape index (κ3) is 3.26. The Morgan fingerprint density at radius 3 is 2.71 bits per heavy atom. The maximum atomic E-state index is 9.56. The molecule has 3 nitrogen and oxygen atoms in total. The summed E-state index contributed by atoms with van der Waals surface area (Å²) in [6, 6.07) is 7.51. The fraction of sp³-hybridized carbons (Fsp3) is 0.455. The third-order valence-corrected chi connectivity index (χ3v) is 2.17. The van der Waals surface area contributed by atoms with E-state index in [0.29, 0.717) is 6.54 Å². The topological polar surface area (TPSA) is 58.3 Å². The van der Waals surface area contributed by atoms with E-state index >= 15 is 0 Å². The zero-order chi connectivity index (χ0) is 10.6. The van der Waals surface area contributed by atoms with Crippen molar-refractivity contribution in [2.45, 2.75) is 20.0 Å². The van der Waals surface area contributed by atoms with Crippen LogP contribution < -0.4 is 11.1 Å². The minimum Gasteiger partial charge on any atom is -0.399 e. The van der Waals surface area contributed by atoms with Crippen molar-refractivity contribution in [1.29, 1.82) is 0 Å². The van der Waals surface area contributed by atoms with Crippen molar-refractivity contribution in [3.05, 3.63) is 24.3 Å². The number of benzene rings is 1. The lowest BCUT2D eigenvalue weighted by Crippen LogP contribution is -2.24. The SMILES string of the molecule is CC(C)C(O)CNc1cccc(N)c1. The van der Waals surface area contributed by atoms with Gasteiger partial charge in [-0.2, -0.15) is 0 Å². The van der Waals surface area contributed by atoms with Crippen LogP contribution >= 0.6 is 0 Å². The highest BCUT2D eigenvalue weighted by atomic mass is 16.3. The predicted octanol–water partition coefficient (Wildman–Crippen LogP) is 1.70. The number of hydrogen-bond donors (Lipinski definition) is 3. The first-order valence-corrected chi connectivity index (χ1v) is 4.87. The maximum Gasteiger partial charge on any atom is 0.0735 e. The predicted molar refractivity (Wildman–Crippen MR) is 60.2 cm³/mol. The summed E-state index contributed by atoms with van der Waals surface area (Å²) in [5.41, 5.74) is 7.30. The molecule has 1 aromatic carbocycles. The number of nitrogens with two attached hydrogens (primary N) is 1. The van der Waals surface area contributed by atoms with Gasteiger partial charge in [0.15, 0.2) is 0 Å². The Balaban J connectivity index is 2.45. The lowest BCUT2D eigenvalue weighted by Gasteiger charge is -2.15. The molecule has 0 amide bonds. The van der Waals surface area contributed by atoms with E-state index < -0.39 is 0 Å². The smallest absolute Gasteiger partial charge is 0.0735 e. The molecule has 4 N–H and O–H groups in total. The maximum absolute atomic E-state index is 9.56. The zero-order valence-electron chi connectivity index (χ0n) is 8.70. The summed E-state index contributed by atoms with van der Waals surface area (Å²) in [5.74, 6) is 0.267. The highest BCUT2D eigenvalue weighted by molar-refractivity contribution is 5.54. The number of aliphatic hydroxyl groups excluding tert-OH is 1. The molecular formula is C11H18N2O. The molecule has 0 spiro atoms. The van der Waals surface area contributed by atoms with Crippen molar-refractivity contribution in [1.82, 2.24) is 0 Å². The van der Waals surface area contributed by atoms with Crippen LogP contribution in [0.25, 0.3) is 0 Å². The van der Waals surface area contributed by atoms with Crippen LogP contribution in [0.4, 0.5) is 11.4 Å². The van der Waals surface area contributed by atoms with Gasteiger partial charge in [0.25, 0.3) is 0 Å². The standard InChI is InChI=1S/C11H18N2O/c1-8(2)11(14)7-13-10-5-3-4-9(12)6-10/h3-6,8,11,13-14H,7,12H2,1-2H3. The van der Waals surface area contributed by atoms with Gasteiger partial charge in [0.1, 0.15) is 0 Å². The van der Waals surface area contributed by atoms with Crippen LogP contribution in [-0.4, -0.2) is 17.8 Å². The van der Waals surface area contributed by atoms with E-state index in [1.165, 1.54) is 0 Å². The van der Waals surface area contributed by atoms with E-state index in [4.69, 9.17) is 5.73 Å². The number of nitrogens with one attached hydrogen (secondary N) is 1. The van der Waals surface area contributed by atoms with Gasteiger partial charge in [0.05, 0.1) is 6.10 Å². The molecule has 0 aliphatic carbocycles. The van der Waals surface area contributed by atoms with Crippen LogP contribution in [0.2, 0.25) is 0 Å². The normalized spacial score (nSPS) is 12.9. The van der Waals surface area contributed by atoms with E-state index in [1.807, 2.05) is 38.1 Å². The van der Waals surface area contributed by atoms with Crippen LogP contribution in [0.15, 0.2) is 24.3 Å². The Morgan fingerprint density at radius 1 is 1.43 bits per heavy atom. The molecule has 0 fully saturated rings. The average Bonchev–Trinajstić information content (AvgIpc) is 2.14. The highest BCUT2D eigenvalue weighted by Gasteiger charge is 2.07. The molecule has 0 aliphatic heterocycles. The molecule has 1 unspecified atom stereocenters. The molecule has 1 aromatic rings. The number of rotatable bonds is 4. The fourth-order valence-corrected chi connectivity index (χ4v) is 1.11. The van der Waals surface area contributed by atoms with Crippen molar-refractivity contribution in [3.63, 3.8) is 0 Å². The molecule has 14 heavy (non-hydrogen) atoms. The lowest BCUT2D eigenvalue weighted by atomic mass is 10.1. The molecular weight excluding hydrogens is 176 g/mol. The van der Waals surface area contributed by atoms with Gasteiger partial charge in [-0.05, 0) is 24.1 Å². The van der Waals surface area contributed by atoms with Gasteiger partial charge in [-0.15, -0.1) is 0 Å². The van der Waals surface area contributed by atoms with E-state index in [1.54, 1.807) is 0 Å². The first kappa shape index (κ1) is 10.9. The Bertz CT molecular complexity index is 286. The van der Waals surface area contributed by atoms with Crippen LogP contribution in [0.1, 0.15) is 13.8 Å². The number of hydrogen-bond acceptors (Lipinski definition) is 3. The second-order valence-corrected chi connectivity index (χ2v) is 3.82. The van der Waals surface area contributed by atoms with Crippen molar-refractivity contribution in [2.24, 2.45) is 5.92 Å². The molecule has 0 saturated heterocycles. The van der Waals surface area contributed by atoms with Gasteiger partial charge in [-0.3, -0.25) is 0 Å². The minimum atomic E-state index is -0.323. The summed E-state index contributed by atoms with van der Waals surface area (Å²) in [6.07, 6.45) is -0.323. The summed E-state index contributed by atoms with van der Waals surface area (Å²) in [6.45, 7) is 4.54. The fourth-order valence-electron chi connectivity index (χ4n) is 1.11. The third-order valence-electron chi connectivity index (χ3n) is 2.17. The quantitative estimate of drug-likeness (QED) is 0.639. The summed E-state index contributed by atoms with van der Waals surface area (Å²) in [7, 11) is 0. The Labute approximate surface area is 84.9 Å². The first-order chi connectivity index (χ1) is 6.59. The van der Waals surface area contributed by atoms with E-state index in [0.717, 1.165) is 11.4 Å². The Hall–Kier alpha value is -1.22. The summed E-state index contributed by atoms with van der Waals surface area (Å²) in [4.78, 5) is 0. The largest absolute Gasteiger partial charge is 0.399 e. The number of anilines is 2. The lowest BCUT2D eigenvalue weighted by molar-refractivity contribution is 0.138. The van der Waals surface area contributed by atoms with Crippen LogP contribution in [0, 0.1) is 5.92 Å². The molecule has 0 bridgehead atoms. The van der Waals surface area contributed by atoms with Crippen molar-refractivity contribution in [2.75, 3.05) is 17.6 Å². The number of aliphatic hydroxyl groups is 1. The second-order valence-electron chi connectivity index (χ2n) is 3.82. The molecule has 0 aromatic heterocycles. The van der Waals surface area contributed by atoms with E-state index in [-0.39, 0.29) is 12.0 Å². The summed E-state index contributed by atoms with van der Waals surface area (Å²) >= 11 is 0. The van der Waals surface area contributed by atoms with Crippen LogP contribution in [0.3, 0.4) is 0 Å². The van der Waals surface area contributed by atoms with Gasteiger partial charge in [-0.25, -0.2) is 0 Å².